The Labute approximate surface area is 98.7 Å². The lowest BCUT2D eigenvalue weighted by molar-refractivity contribution is 0.00345. The Morgan fingerprint density at radius 1 is 1.38 bits per heavy atom. The molecule has 2 aliphatic heterocycles. The molecule has 2 saturated heterocycles. The summed E-state index contributed by atoms with van der Waals surface area (Å²) in [6, 6.07) is 1.28. The highest BCUT2D eigenvalue weighted by molar-refractivity contribution is 4.76. The van der Waals surface area contributed by atoms with Gasteiger partial charge in [-0.3, -0.25) is 5.43 Å². The number of nitrogens with zero attached hydrogens (tertiary/aromatic N) is 1. The van der Waals surface area contributed by atoms with Crippen molar-refractivity contribution in [2.24, 2.45) is 0 Å². The molecule has 2 N–H and O–H groups in total. The molecule has 0 aromatic heterocycles. The van der Waals surface area contributed by atoms with Crippen molar-refractivity contribution in [3.05, 3.63) is 0 Å². The molecule has 0 bridgehead atoms. The predicted molar refractivity (Wildman–Crippen MR) is 65.2 cm³/mol. The van der Waals surface area contributed by atoms with Crippen molar-refractivity contribution in [2.45, 2.75) is 44.7 Å². The lowest BCUT2D eigenvalue weighted by Crippen LogP contribution is -2.51. The molecule has 4 heteroatoms. The van der Waals surface area contributed by atoms with Gasteiger partial charge in [-0.1, -0.05) is 6.42 Å². The summed E-state index contributed by atoms with van der Waals surface area (Å²) in [5, 5.41) is 5.91. The number of rotatable bonds is 4. The van der Waals surface area contributed by atoms with Crippen molar-refractivity contribution < 1.29 is 4.74 Å². The van der Waals surface area contributed by atoms with Crippen LogP contribution in [0, 0.1) is 0 Å². The molecule has 0 aromatic carbocycles. The average Bonchev–Trinajstić information content (AvgIpc) is 2.31. The van der Waals surface area contributed by atoms with Gasteiger partial charge in [-0.2, -0.15) is 0 Å². The summed E-state index contributed by atoms with van der Waals surface area (Å²) in [5.74, 6) is 0. The fourth-order valence-electron chi connectivity index (χ4n) is 2.61. The van der Waals surface area contributed by atoms with E-state index >= 15 is 0 Å². The molecule has 16 heavy (non-hydrogen) atoms. The normalized spacial score (nSPS) is 30.2. The highest BCUT2D eigenvalue weighted by atomic mass is 16.5. The average molecular weight is 227 g/mol. The van der Waals surface area contributed by atoms with E-state index in [-0.39, 0.29) is 0 Å². The SMILES string of the molecule is CC(CC1CCCCN1)NN1CCOCC1. The predicted octanol–water partition coefficient (Wildman–Crippen LogP) is 0.744. The van der Waals surface area contributed by atoms with Crippen molar-refractivity contribution >= 4 is 0 Å². The summed E-state index contributed by atoms with van der Waals surface area (Å²) < 4.78 is 5.34. The number of hydrazine groups is 1. The van der Waals surface area contributed by atoms with Gasteiger partial charge in [-0.05, 0) is 32.7 Å². The summed E-state index contributed by atoms with van der Waals surface area (Å²) >= 11 is 0. The molecule has 0 aliphatic carbocycles. The second-order valence-electron chi connectivity index (χ2n) is 5.01. The molecule has 4 nitrogen and oxygen atoms in total. The molecular weight excluding hydrogens is 202 g/mol. The first kappa shape index (κ1) is 12.3. The first-order valence-corrected chi connectivity index (χ1v) is 6.67. The van der Waals surface area contributed by atoms with Crippen molar-refractivity contribution in [2.75, 3.05) is 32.8 Å². The van der Waals surface area contributed by atoms with Gasteiger partial charge in [0.2, 0.25) is 0 Å². The second-order valence-corrected chi connectivity index (χ2v) is 5.01. The zero-order valence-electron chi connectivity index (χ0n) is 10.4. The maximum Gasteiger partial charge on any atom is 0.0608 e. The van der Waals surface area contributed by atoms with Crippen LogP contribution in [-0.4, -0.2) is 49.9 Å². The van der Waals surface area contributed by atoms with Crippen LogP contribution in [0.3, 0.4) is 0 Å². The van der Waals surface area contributed by atoms with Crippen molar-refractivity contribution in [1.29, 1.82) is 0 Å². The van der Waals surface area contributed by atoms with Gasteiger partial charge in [0.1, 0.15) is 0 Å². The standard InChI is InChI=1S/C12H25N3O/c1-11(10-12-4-2-3-5-13-12)14-15-6-8-16-9-7-15/h11-14H,2-10H2,1H3. The van der Waals surface area contributed by atoms with Crippen molar-refractivity contribution in [1.82, 2.24) is 15.8 Å². The summed E-state index contributed by atoms with van der Waals surface area (Å²) in [6.07, 6.45) is 5.32. The molecule has 0 aromatic rings. The van der Waals surface area contributed by atoms with E-state index in [0.29, 0.717) is 6.04 Å². The Hall–Kier alpha value is -0.160. The fraction of sp³-hybridized carbons (Fsp3) is 1.00. The number of ether oxygens (including phenoxy) is 1. The van der Waals surface area contributed by atoms with E-state index < -0.39 is 0 Å². The molecule has 0 radical (unpaired) electrons. The molecular formula is C12H25N3O. The molecule has 2 rings (SSSR count). The maximum atomic E-state index is 5.34. The molecule has 0 saturated carbocycles. The van der Waals surface area contributed by atoms with E-state index in [1.54, 1.807) is 0 Å². The van der Waals surface area contributed by atoms with E-state index in [0.717, 1.165) is 32.3 Å². The minimum Gasteiger partial charge on any atom is -0.379 e. The van der Waals surface area contributed by atoms with E-state index in [1.165, 1.54) is 32.2 Å². The van der Waals surface area contributed by atoms with Gasteiger partial charge in [-0.25, -0.2) is 5.01 Å². The topological polar surface area (TPSA) is 36.5 Å². The molecule has 2 aliphatic rings. The van der Waals surface area contributed by atoms with Gasteiger partial charge in [0, 0.05) is 25.2 Å². The number of nitrogens with one attached hydrogen (secondary N) is 2. The molecule has 0 amide bonds. The van der Waals surface area contributed by atoms with Gasteiger partial charge in [-0.15, -0.1) is 0 Å². The molecule has 2 unspecified atom stereocenters. The Morgan fingerprint density at radius 3 is 2.88 bits per heavy atom. The van der Waals surface area contributed by atoms with Crippen LogP contribution in [0.25, 0.3) is 0 Å². The van der Waals surface area contributed by atoms with Crippen LogP contribution >= 0.6 is 0 Å². The number of morpholine rings is 1. The summed E-state index contributed by atoms with van der Waals surface area (Å²) in [6.45, 7) is 7.24. The first-order chi connectivity index (χ1) is 7.84. The van der Waals surface area contributed by atoms with Gasteiger partial charge >= 0.3 is 0 Å². The van der Waals surface area contributed by atoms with Crippen LogP contribution in [0.4, 0.5) is 0 Å². The smallest absolute Gasteiger partial charge is 0.0608 e. The highest BCUT2D eigenvalue weighted by Crippen LogP contribution is 2.12. The van der Waals surface area contributed by atoms with Crippen molar-refractivity contribution in [3.8, 4) is 0 Å². The van der Waals surface area contributed by atoms with Crippen LogP contribution < -0.4 is 10.7 Å². The van der Waals surface area contributed by atoms with E-state index in [4.69, 9.17) is 4.74 Å². The Kier molecular flexibility index (Phi) is 5.03. The Balaban J connectivity index is 1.64. The van der Waals surface area contributed by atoms with Gasteiger partial charge in [0.05, 0.1) is 13.2 Å². The van der Waals surface area contributed by atoms with Gasteiger partial charge in [0.15, 0.2) is 0 Å². The Morgan fingerprint density at radius 2 is 2.19 bits per heavy atom. The zero-order valence-corrected chi connectivity index (χ0v) is 10.4. The summed E-state index contributed by atoms with van der Waals surface area (Å²) in [7, 11) is 0. The molecule has 2 fully saturated rings. The number of hydrogen-bond donors (Lipinski definition) is 2. The summed E-state index contributed by atoms with van der Waals surface area (Å²) in [5.41, 5.74) is 3.58. The number of hydrogen-bond acceptors (Lipinski definition) is 4. The van der Waals surface area contributed by atoms with E-state index in [1.807, 2.05) is 0 Å². The highest BCUT2D eigenvalue weighted by Gasteiger charge is 2.18. The van der Waals surface area contributed by atoms with Gasteiger partial charge < -0.3 is 10.1 Å². The first-order valence-electron chi connectivity index (χ1n) is 6.67. The monoisotopic (exact) mass is 227 g/mol. The largest absolute Gasteiger partial charge is 0.379 e. The van der Waals surface area contributed by atoms with Crippen LogP contribution in [0.2, 0.25) is 0 Å². The van der Waals surface area contributed by atoms with Crippen molar-refractivity contribution in [3.63, 3.8) is 0 Å². The molecule has 2 heterocycles. The molecule has 2 atom stereocenters. The van der Waals surface area contributed by atoms with Crippen LogP contribution in [-0.2, 0) is 4.74 Å². The van der Waals surface area contributed by atoms with Crippen LogP contribution in [0.1, 0.15) is 32.6 Å². The quantitative estimate of drug-likeness (QED) is 0.743. The summed E-state index contributed by atoms with van der Waals surface area (Å²) in [4.78, 5) is 0. The zero-order chi connectivity index (χ0) is 11.2. The van der Waals surface area contributed by atoms with E-state index in [9.17, 15) is 0 Å². The van der Waals surface area contributed by atoms with Gasteiger partial charge in [0.25, 0.3) is 0 Å². The third-order valence-corrected chi connectivity index (χ3v) is 3.46. The van der Waals surface area contributed by atoms with Crippen LogP contribution in [0.5, 0.6) is 0 Å². The lowest BCUT2D eigenvalue weighted by Gasteiger charge is -2.32. The maximum absolute atomic E-state index is 5.34. The molecule has 0 spiro atoms. The Bertz CT molecular complexity index is 169. The molecule has 94 valence electrons. The minimum atomic E-state index is 0.564. The number of piperidine rings is 1. The van der Waals surface area contributed by atoms with Crippen LogP contribution in [0.15, 0.2) is 0 Å². The second kappa shape index (κ2) is 6.55. The third kappa shape index (κ3) is 4.01. The van der Waals surface area contributed by atoms with E-state index in [2.05, 4.69) is 22.7 Å². The minimum absolute atomic E-state index is 0.564. The fourth-order valence-corrected chi connectivity index (χ4v) is 2.61. The lowest BCUT2D eigenvalue weighted by atomic mass is 9.99. The third-order valence-electron chi connectivity index (χ3n) is 3.46.